The SMILES string of the molecule is N=[N+](O[O])C1CCCCC1. The number of nitrogens with zero attached hydrogens (tertiary/aromatic N) is 1. The molecule has 0 spiro atoms. The lowest BCUT2D eigenvalue weighted by Crippen LogP contribution is -2.25. The Balaban J connectivity index is 2.31. The average Bonchev–Trinajstić information content (AvgIpc) is 2.05. The van der Waals surface area contributed by atoms with E-state index in [4.69, 9.17) is 5.53 Å². The van der Waals surface area contributed by atoms with E-state index in [1.54, 1.807) is 0 Å². The van der Waals surface area contributed by atoms with Crippen molar-refractivity contribution in [3.63, 3.8) is 0 Å². The van der Waals surface area contributed by atoms with Gasteiger partial charge in [0.2, 0.25) is 6.04 Å². The molecule has 1 rings (SSSR count). The molecule has 0 aliphatic heterocycles. The second-order valence-electron chi connectivity index (χ2n) is 2.69. The molecule has 1 aliphatic carbocycles. The molecule has 0 heterocycles. The molecule has 0 aromatic heterocycles. The van der Waals surface area contributed by atoms with Crippen LogP contribution >= 0.6 is 0 Å². The maximum Gasteiger partial charge on any atom is 0.235 e. The number of hydrogen-bond donors (Lipinski definition) is 1. The van der Waals surface area contributed by atoms with Gasteiger partial charge >= 0.3 is 0 Å². The summed E-state index contributed by atoms with van der Waals surface area (Å²) < 4.78 is 0. The lowest BCUT2D eigenvalue weighted by molar-refractivity contribution is -0.952. The van der Waals surface area contributed by atoms with E-state index in [2.05, 4.69) is 4.99 Å². The Hall–Kier alpha value is -0.640. The second-order valence-corrected chi connectivity index (χ2v) is 2.69. The Morgan fingerprint density at radius 1 is 1.30 bits per heavy atom. The first-order chi connectivity index (χ1) is 4.84. The van der Waals surface area contributed by atoms with Crippen molar-refractivity contribution >= 4 is 0 Å². The van der Waals surface area contributed by atoms with E-state index >= 15 is 0 Å². The molecule has 4 nitrogen and oxygen atoms in total. The molecule has 1 fully saturated rings. The fourth-order valence-electron chi connectivity index (χ4n) is 1.38. The molecule has 1 aliphatic rings. The fourth-order valence-corrected chi connectivity index (χ4v) is 1.38. The van der Waals surface area contributed by atoms with Crippen molar-refractivity contribution in [1.82, 2.24) is 0 Å². The monoisotopic (exact) mass is 144 g/mol. The number of rotatable bonds is 2. The van der Waals surface area contributed by atoms with Crippen LogP contribution in [-0.2, 0) is 10.2 Å². The lowest BCUT2D eigenvalue weighted by Gasteiger charge is -2.11. The van der Waals surface area contributed by atoms with Crippen LogP contribution in [0.3, 0.4) is 0 Å². The molecule has 1 saturated carbocycles. The molecule has 10 heavy (non-hydrogen) atoms. The number of hydroxylamine groups is 1. The van der Waals surface area contributed by atoms with Crippen LogP contribution in [0, 0.1) is 5.53 Å². The van der Waals surface area contributed by atoms with Crippen molar-refractivity contribution in [2.24, 2.45) is 0 Å². The van der Waals surface area contributed by atoms with E-state index in [0.29, 0.717) is 4.86 Å². The van der Waals surface area contributed by atoms with Gasteiger partial charge in [-0.05, 0) is 23.4 Å². The molecule has 57 valence electrons. The van der Waals surface area contributed by atoms with Crippen LogP contribution in [0.15, 0.2) is 0 Å². The summed E-state index contributed by atoms with van der Waals surface area (Å²) in [6.07, 6.45) is 5.30. The molecular weight excluding hydrogens is 132 g/mol. The normalized spacial score (nSPS) is 20.5. The van der Waals surface area contributed by atoms with Crippen LogP contribution in [0.25, 0.3) is 0 Å². The summed E-state index contributed by atoms with van der Waals surface area (Å²) >= 11 is 0. The first-order valence-corrected chi connectivity index (χ1v) is 3.65. The maximum absolute atomic E-state index is 9.77. The fraction of sp³-hybridized carbons (Fsp3) is 1.00. The highest BCUT2D eigenvalue weighted by atomic mass is 17.2. The quantitative estimate of drug-likeness (QED) is 0.272. The van der Waals surface area contributed by atoms with Gasteiger partial charge in [0.05, 0.1) is 5.26 Å². The first-order valence-electron chi connectivity index (χ1n) is 3.65. The molecule has 0 bridgehead atoms. The van der Waals surface area contributed by atoms with Crippen molar-refractivity contribution in [3.05, 3.63) is 0 Å². The molecular formula is C6H12N2O2+. The van der Waals surface area contributed by atoms with E-state index in [9.17, 15) is 5.26 Å². The van der Waals surface area contributed by atoms with Crippen molar-refractivity contribution in [1.29, 1.82) is 5.53 Å². The van der Waals surface area contributed by atoms with E-state index < -0.39 is 0 Å². The third-order valence-electron chi connectivity index (χ3n) is 1.99. The zero-order chi connectivity index (χ0) is 7.40. The first kappa shape index (κ1) is 7.47. The van der Waals surface area contributed by atoms with Crippen LogP contribution < -0.4 is 0 Å². The largest absolute Gasteiger partial charge is 0.235 e. The van der Waals surface area contributed by atoms with Crippen LogP contribution in [0.1, 0.15) is 32.1 Å². The predicted octanol–water partition coefficient (Wildman–Crippen LogP) is 1.64. The third kappa shape index (κ3) is 1.67. The van der Waals surface area contributed by atoms with E-state index in [-0.39, 0.29) is 6.04 Å². The van der Waals surface area contributed by atoms with Gasteiger partial charge in [0.15, 0.2) is 0 Å². The van der Waals surface area contributed by atoms with E-state index in [1.165, 1.54) is 6.42 Å². The van der Waals surface area contributed by atoms with Gasteiger partial charge in [-0.1, -0.05) is 6.42 Å². The second kappa shape index (κ2) is 3.51. The minimum Gasteiger partial charge on any atom is -0.0528 e. The smallest absolute Gasteiger partial charge is 0.0528 e. The predicted molar refractivity (Wildman–Crippen MR) is 31.6 cm³/mol. The van der Waals surface area contributed by atoms with Gasteiger partial charge in [0, 0.05) is 12.8 Å². The third-order valence-corrected chi connectivity index (χ3v) is 1.99. The molecule has 0 unspecified atom stereocenters. The van der Waals surface area contributed by atoms with Crippen molar-refractivity contribution < 1.29 is 15.1 Å². The van der Waals surface area contributed by atoms with Crippen LogP contribution in [0.5, 0.6) is 0 Å². The van der Waals surface area contributed by atoms with E-state index in [1.807, 2.05) is 0 Å². The summed E-state index contributed by atoms with van der Waals surface area (Å²) in [5, 5.41) is 9.77. The number of nitrogens with one attached hydrogen (secondary N) is 1. The molecule has 0 atom stereocenters. The molecule has 1 N–H and O–H groups in total. The maximum atomic E-state index is 9.77. The summed E-state index contributed by atoms with van der Waals surface area (Å²) in [4.78, 5) is 4.22. The van der Waals surface area contributed by atoms with Crippen LogP contribution in [-0.4, -0.2) is 10.9 Å². The zero-order valence-electron chi connectivity index (χ0n) is 5.88. The molecule has 0 aromatic rings. The summed E-state index contributed by atoms with van der Waals surface area (Å²) in [7, 11) is 0. The van der Waals surface area contributed by atoms with Gasteiger partial charge in [-0.2, -0.15) is 0 Å². The van der Waals surface area contributed by atoms with Gasteiger partial charge < -0.3 is 0 Å². The summed E-state index contributed by atoms with van der Waals surface area (Å²) in [6.45, 7) is 0. The molecule has 1 radical (unpaired) electrons. The molecule has 0 amide bonds. The highest BCUT2D eigenvalue weighted by molar-refractivity contribution is 4.61. The average molecular weight is 144 g/mol. The molecule has 4 heteroatoms. The van der Waals surface area contributed by atoms with Crippen LogP contribution in [0.4, 0.5) is 0 Å². The molecule has 0 saturated heterocycles. The van der Waals surface area contributed by atoms with E-state index in [0.717, 1.165) is 25.7 Å². The minimum absolute atomic E-state index is 0.0336. The minimum atomic E-state index is 0.0336. The standard InChI is InChI=1S/C6H12N2O2/c7-8(10-9)6-4-2-1-3-5-6/h6-7H,1-5H2/q+1. The van der Waals surface area contributed by atoms with Crippen molar-refractivity contribution in [2.45, 2.75) is 38.1 Å². The van der Waals surface area contributed by atoms with Gasteiger partial charge in [0.1, 0.15) is 4.86 Å². The highest BCUT2D eigenvalue weighted by Crippen LogP contribution is 2.19. The van der Waals surface area contributed by atoms with Gasteiger partial charge in [-0.3, -0.25) is 0 Å². The van der Waals surface area contributed by atoms with Crippen molar-refractivity contribution in [2.75, 3.05) is 0 Å². The van der Waals surface area contributed by atoms with Crippen molar-refractivity contribution in [3.8, 4) is 0 Å². The summed E-state index contributed by atoms with van der Waals surface area (Å²) in [5.74, 6) is 0. The lowest BCUT2D eigenvalue weighted by atomic mass is 9.96. The number of hydrogen-bond acceptors (Lipinski definition) is 2. The molecule has 0 aromatic carbocycles. The van der Waals surface area contributed by atoms with Gasteiger partial charge in [-0.15, -0.1) is 0 Å². The zero-order valence-corrected chi connectivity index (χ0v) is 5.88. The Bertz CT molecular complexity index is 121. The summed E-state index contributed by atoms with van der Waals surface area (Å²) in [6, 6.07) is 0.0336. The topological polar surface area (TPSA) is 56.0 Å². The Morgan fingerprint density at radius 3 is 2.40 bits per heavy atom. The Labute approximate surface area is 59.8 Å². The highest BCUT2D eigenvalue weighted by Gasteiger charge is 2.26. The van der Waals surface area contributed by atoms with Crippen LogP contribution in [0.2, 0.25) is 0 Å². The van der Waals surface area contributed by atoms with Gasteiger partial charge in [-0.25, -0.2) is 0 Å². The Kier molecular flexibility index (Phi) is 2.62. The van der Waals surface area contributed by atoms with Gasteiger partial charge in [0.25, 0.3) is 0 Å². The Morgan fingerprint density at radius 2 is 1.90 bits per heavy atom. The summed E-state index contributed by atoms with van der Waals surface area (Å²) in [5.41, 5.74) is 7.01.